The second-order valence-electron chi connectivity index (χ2n) is 6.43. The van der Waals surface area contributed by atoms with Crippen LogP contribution < -0.4 is 5.73 Å². The maximum Gasteiger partial charge on any atom is 0.303 e. The highest BCUT2D eigenvalue weighted by Crippen LogP contribution is 2.30. The largest absolute Gasteiger partial charge is 0.463 e. The van der Waals surface area contributed by atoms with Crippen molar-refractivity contribution in [3.63, 3.8) is 0 Å². The SMILES string of the molecule is CC(=O)OC[C@H]1OC(OCCCCN)[C@H](OC(C)=O)[C@@H](OC(C)=O)[C@@H]1OC(C)=O. The van der Waals surface area contributed by atoms with E-state index in [9.17, 15) is 19.2 Å². The van der Waals surface area contributed by atoms with Crippen molar-refractivity contribution < 1.29 is 47.6 Å². The first-order valence-corrected chi connectivity index (χ1v) is 9.27. The van der Waals surface area contributed by atoms with Crippen molar-refractivity contribution in [1.29, 1.82) is 0 Å². The molecule has 1 rings (SSSR count). The number of rotatable bonds is 10. The number of hydrogen-bond acceptors (Lipinski definition) is 11. The summed E-state index contributed by atoms with van der Waals surface area (Å²) in [4.78, 5) is 46.1. The molecule has 1 aliphatic heterocycles. The van der Waals surface area contributed by atoms with Crippen LogP contribution in [0.1, 0.15) is 40.5 Å². The van der Waals surface area contributed by atoms with Crippen LogP contribution in [0.15, 0.2) is 0 Å². The summed E-state index contributed by atoms with van der Waals surface area (Å²) in [5.41, 5.74) is 5.46. The Hall–Kier alpha value is -2.24. The molecule has 0 bridgehead atoms. The third-order valence-corrected chi connectivity index (χ3v) is 3.83. The van der Waals surface area contributed by atoms with Crippen molar-refractivity contribution in [2.24, 2.45) is 5.73 Å². The number of unbranched alkanes of at least 4 members (excludes halogenated alkanes) is 1. The molecule has 0 aromatic rings. The molecule has 1 heterocycles. The summed E-state index contributed by atoms with van der Waals surface area (Å²) in [5.74, 6) is -2.64. The van der Waals surface area contributed by atoms with Crippen LogP contribution in [0.3, 0.4) is 0 Å². The van der Waals surface area contributed by atoms with E-state index >= 15 is 0 Å². The molecule has 0 spiro atoms. The standard InChI is InChI=1S/C18H29NO10/c1-10(20)25-9-14-15(26-11(2)21)16(27-12(3)22)17(28-13(4)23)18(29-14)24-8-6-5-7-19/h14-18H,5-9,19H2,1-4H3/t14-,15-,16+,17-,18?/m1/s1. The predicted molar refractivity (Wildman–Crippen MR) is 96.2 cm³/mol. The smallest absolute Gasteiger partial charge is 0.303 e. The van der Waals surface area contributed by atoms with E-state index in [0.29, 0.717) is 19.4 Å². The van der Waals surface area contributed by atoms with Crippen LogP contribution in [0.25, 0.3) is 0 Å². The van der Waals surface area contributed by atoms with Crippen molar-refractivity contribution in [1.82, 2.24) is 0 Å². The number of ether oxygens (including phenoxy) is 6. The van der Waals surface area contributed by atoms with Gasteiger partial charge in [0.05, 0.1) is 0 Å². The molecule has 0 amide bonds. The summed E-state index contributed by atoms with van der Waals surface area (Å²) >= 11 is 0. The predicted octanol–water partition coefficient (Wildman–Crippen LogP) is -0.175. The summed E-state index contributed by atoms with van der Waals surface area (Å²) in [6, 6.07) is 0. The Morgan fingerprint density at radius 1 is 0.793 bits per heavy atom. The highest BCUT2D eigenvalue weighted by Gasteiger charge is 2.52. The fourth-order valence-corrected chi connectivity index (χ4v) is 2.77. The topological polar surface area (TPSA) is 150 Å². The van der Waals surface area contributed by atoms with Gasteiger partial charge < -0.3 is 34.2 Å². The molecular weight excluding hydrogens is 390 g/mol. The second-order valence-corrected chi connectivity index (χ2v) is 6.43. The van der Waals surface area contributed by atoms with E-state index < -0.39 is 54.6 Å². The Labute approximate surface area is 169 Å². The summed E-state index contributed by atoms with van der Waals surface area (Å²) in [6.07, 6.45) is -4.47. The Morgan fingerprint density at radius 3 is 1.86 bits per heavy atom. The van der Waals surface area contributed by atoms with Gasteiger partial charge in [0.25, 0.3) is 0 Å². The normalized spacial score (nSPS) is 26.3. The van der Waals surface area contributed by atoms with E-state index in [4.69, 9.17) is 34.2 Å². The minimum atomic E-state index is -1.23. The molecule has 0 aliphatic carbocycles. The molecule has 0 saturated carbocycles. The minimum Gasteiger partial charge on any atom is -0.463 e. The van der Waals surface area contributed by atoms with Crippen LogP contribution in [-0.4, -0.2) is 74.3 Å². The molecule has 1 unspecified atom stereocenters. The lowest BCUT2D eigenvalue weighted by atomic mass is 9.98. The summed E-state index contributed by atoms with van der Waals surface area (Å²) < 4.78 is 32.3. The molecule has 11 nitrogen and oxygen atoms in total. The molecule has 29 heavy (non-hydrogen) atoms. The first kappa shape index (κ1) is 24.8. The van der Waals surface area contributed by atoms with E-state index in [1.807, 2.05) is 0 Å². The van der Waals surface area contributed by atoms with E-state index in [0.717, 1.165) is 13.8 Å². The number of esters is 4. The van der Waals surface area contributed by atoms with Crippen molar-refractivity contribution in [2.45, 2.75) is 71.2 Å². The maximum absolute atomic E-state index is 11.7. The molecule has 11 heteroatoms. The highest BCUT2D eigenvalue weighted by atomic mass is 16.7. The molecule has 166 valence electrons. The molecule has 0 aromatic carbocycles. The first-order valence-electron chi connectivity index (χ1n) is 9.27. The number of hydrogen-bond donors (Lipinski definition) is 1. The van der Waals surface area contributed by atoms with Gasteiger partial charge in [-0.15, -0.1) is 0 Å². The van der Waals surface area contributed by atoms with Gasteiger partial charge in [-0.3, -0.25) is 19.2 Å². The average Bonchev–Trinajstić information content (AvgIpc) is 2.60. The second kappa shape index (κ2) is 12.3. The Kier molecular flexibility index (Phi) is 10.6. The van der Waals surface area contributed by atoms with Crippen molar-refractivity contribution in [3.05, 3.63) is 0 Å². The lowest BCUT2D eigenvalue weighted by Crippen LogP contribution is -2.63. The minimum absolute atomic E-state index is 0.227. The number of carbonyl (C=O) groups excluding carboxylic acids is 4. The highest BCUT2D eigenvalue weighted by molar-refractivity contribution is 5.68. The molecule has 0 aromatic heterocycles. The fourth-order valence-electron chi connectivity index (χ4n) is 2.77. The van der Waals surface area contributed by atoms with Crippen molar-refractivity contribution in [3.8, 4) is 0 Å². The zero-order chi connectivity index (χ0) is 22.0. The molecule has 1 aliphatic rings. The van der Waals surface area contributed by atoms with Gasteiger partial charge in [0.1, 0.15) is 12.7 Å². The summed E-state index contributed by atoms with van der Waals surface area (Å²) in [5, 5.41) is 0. The third kappa shape index (κ3) is 8.75. The Bertz CT molecular complexity index is 581. The van der Waals surface area contributed by atoms with Gasteiger partial charge >= 0.3 is 23.9 Å². The van der Waals surface area contributed by atoms with Gasteiger partial charge in [-0.25, -0.2) is 0 Å². The van der Waals surface area contributed by atoms with E-state index in [2.05, 4.69) is 0 Å². The van der Waals surface area contributed by atoms with Gasteiger partial charge in [-0.1, -0.05) is 0 Å². The zero-order valence-corrected chi connectivity index (χ0v) is 17.1. The summed E-state index contributed by atoms with van der Waals surface area (Å²) in [7, 11) is 0. The monoisotopic (exact) mass is 419 g/mol. The lowest BCUT2D eigenvalue weighted by Gasteiger charge is -2.44. The van der Waals surface area contributed by atoms with Crippen LogP contribution in [-0.2, 0) is 47.6 Å². The molecular formula is C18H29NO10. The summed E-state index contributed by atoms with van der Waals surface area (Å²) in [6.45, 7) is 5.10. The van der Waals surface area contributed by atoms with Gasteiger partial charge in [0, 0.05) is 34.3 Å². The molecule has 2 N–H and O–H groups in total. The van der Waals surface area contributed by atoms with E-state index in [-0.39, 0.29) is 13.2 Å². The van der Waals surface area contributed by atoms with Crippen molar-refractivity contribution in [2.75, 3.05) is 19.8 Å². The molecule has 0 radical (unpaired) electrons. The van der Waals surface area contributed by atoms with Crippen molar-refractivity contribution >= 4 is 23.9 Å². The molecule has 5 atom stereocenters. The lowest BCUT2D eigenvalue weighted by molar-refractivity contribution is -0.308. The Morgan fingerprint density at radius 2 is 1.34 bits per heavy atom. The fraction of sp³-hybridized carbons (Fsp3) is 0.778. The van der Waals surface area contributed by atoms with Gasteiger partial charge in [-0.05, 0) is 19.4 Å². The molecule has 1 saturated heterocycles. The maximum atomic E-state index is 11.7. The first-order chi connectivity index (χ1) is 13.6. The van der Waals surface area contributed by atoms with Crippen LogP contribution >= 0.6 is 0 Å². The third-order valence-electron chi connectivity index (χ3n) is 3.83. The van der Waals surface area contributed by atoms with Gasteiger partial charge in [0.2, 0.25) is 0 Å². The average molecular weight is 419 g/mol. The van der Waals surface area contributed by atoms with Crippen LogP contribution in [0.5, 0.6) is 0 Å². The van der Waals surface area contributed by atoms with E-state index in [1.165, 1.54) is 13.8 Å². The Balaban J connectivity index is 3.17. The van der Waals surface area contributed by atoms with Crippen LogP contribution in [0.2, 0.25) is 0 Å². The van der Waals surface area contributed by atoms with E-state index in [1.54, 1.807) is 0 Å². The van der Waals surface area contributed by atoms with Crippen LogP contribution in [0.4, 0.5) is 0 Å². The van der Waals surface area contributed by atoms with Gasteiger partial charge in [-0.2, -0.15) is 0 Å². The number of nitrogens with two attached hydrogens (primary N) is 1. The quantitative estimate of drug-likeness (QED) is 0.285. The van der Waals surface area contributed by atoms with Crippen LogP contribution in [0, 0.1) is 0 Å². The zero-order valence-electron chi connectivity index (χ0n) is 17.1. The molecule has 1 fully saturated rings. The number of carbonyl (C=O) groups is 4. The van der Waals surface area contributed by atoms with Gasteiger partial charge in [0.15, 0.2) is 24.6 Å².